The molecular formula is C10H17ClO. The molecular weight excluding hydrogens is 172 g/mol. The summed E-state index contributed by atoms with van der Waals surface area (Å²) in [5, 5.41) is 0.692. The summed E-state index contributed by atoms with van der Waals surface area (Å²) in [6, 6.07) is 0. The topological polar surface area (TPSA) is 17.1 Å². The van der Waals surface area contributed by atoms with Gasteiger partial charge in [-0.15, -0.1) is 0 Å². The van der Waals surface area contributed by atoms with Gasteiger partial charge in [0, 0.05) is 10.6 Å². The zero-order valence-electron chi connectivity index (χ0n) is 8.28. The number of hydrogen-bond donors (Lipinski definition) is 0. The van der Waals surface area contributed by atoms with E-state index in [1.54, 1.807) is 6.92 Å². The summed E-state index contributed by atoms with van der Waals surface area (Å²) in [6.07, 6.45) is 2.67. The minimum absolute atomic E-state index is 0.196. The van der Waals surface area contributed by atoms with Gasteiger partial charge in [-0.2, -0.15) is 0 Å². The van der Waals surface area contributed by atoms with Gasteiger partial charge < -0.3 is 0 Å². The van der Waals surface area contributed by atoms with E-state index in [1.807, 2.05) is 0 Å². The molecule has 0 aliphatic rings. The van der Waals surface area contributed by atoms with E-state index in [0.717, 1.165) is 19.1 Å². The predicted octanol–water partition coefficient (Wildman–Crippen LogP) is 3.52. The lowest BCUT2D eigenvalue weighted by atomic mass is 9.86. The van der Waals surface area contributed by atoms with Crippen LogP contribution in [0.4, 0.5) is 0 Å². The van der Waals surface area contributed by atoms with Crippen molar-refractivity contribution in [1.82, 2.24) is 0 Å². The van der Waals surface area contributed by atoms with Gasteiger partial charge in [-0.1, -0.05) is 38.8 Å². The second-order valence-corrected chi connectivity index (χ2v) is 4.36. The monoisotopic (exact) mass is 188 g/mol. The lowest BCUT2D eigenvalue weighted by Gasteiger charge is -2.22. The van der Waals surface area contributed by atoms with E-state index in [1.165, 1.54) is 0 Å². The molecule has 0 saturated heterocycles. The largest absolute Gasteiger partial charge is 0.298 e. The Balaban J connectivity index is 4.36. The third-order valence-corrected chi connectivity index (χ3v) is 2.63. The van der Waals surface area contributed by atoms with Gasteiger partial charge >= 0.3 is 0 Å². The van der Waals surface area contributed by atoms with Crippen molar-refractivity contribution in [3.8, 4) is 0 Å². The molecule has 1 nitrogen and oxygen atoms in total. The summed E-state index contributed by atoms with van der Waals surface area (Å²) in [5.74, 6) is 0. The minimum atomic E-state index is 0.196. The highest BCUT2D eigenvalue weighted by Gasteiger charge is 2.17. The number of rotatable bonds is 4. The maximum atomic E-state index is 10.4. The Morgan fingerprint density at radius 2 is 2.00 bits per heavy atom. The molecule has 0 rings (SSSR count). The normalized spacial score (nSPS) is 14.1. The van der Waals surface area contributed by atoms with Crippen LogP contribution in [0.1, 0.15) is 40.5 Å². The van der Waals surface area contributed by atoms with Crippen LogP contribution < -0.4 is 0 Å². The van der Waals surface area contributed by atoms with Crippen LogP contribution >= 0.6 is 11.6 Å². The number of carbonyl (C=O) groups excluding carboxylic acids is 1. The average Bonchev–Trinajstić information content (AvgIpc) is 2.02. The van der Waals surface area contributed by atoms with Crippen molar-refractivity contribution in [3.05, 3.63) is 10.6 Å². The van der Waals surface area contributed by atoms with Crippen LogP contribution in [0.3, 0.4) is 0 Å². The molecule has 0 unspecified atom stereocenters. The van der Waals surface area contributed by atoms with Gasteiger partial charge in [0.25, 0.3) is 0 Å². The highest BCUT2D eigenvalue weighted by Crippen LogP contribution is 2.31. The maximum Gasteiger partial charge on any atom is 0.146 e. The summed E-state index contributed by atoms with van der Waals surface area (Å²) in [4.78, 5) is 10.4. The standard InChI is InChI=1S/C10H17ClO/c1-5-10(3,4)6-9(11)8(2)7-12/h7H,5-6H2,1-4H3/b9-8-. The maximum absolute atomic E-state index is 10.4. The lowest BCUT2D eigenvalue weighted by molar-refractivity contribution is -0.104. The molecule has 0 saturated carbocycles. The van der Waals surface area contributed by atoms with Gasteiger partial charge in [-0.25, -0.2) is 0 Å². The first kappa shape index (κ1) is 11.7. The van der Waals surface area contributed by atoms with Crippen molar-refractivity contribution in [1.29, 1.82) is 0 Å². The number of halogens is 1. The Hall–Kier alpha value is -0.300. The molecule has 0 aromatic rings. The Labute approximate surface area is 79.8 Å². The van der Waals surface area contributed by atoms with Crippen LogP contribution in [0.25, 0.3) is 0 Å². The highest BCUT2D eigenvalue weighted by atomic mass is 35.5. The van der Waals surface area contributed by atoms with Gasteiger partial charge in [0.05, 0.1) is 0 Å². The van der Waals surface area contributed by atoms with Crippen LogP contribution in [0.2, 0.25) is 0 Å². The molecule has 0 radical (unpaired) electrons. The fourth-order valence-electron chi connectivity index (χ4n) is 0.749. The molecule has 0 bridgehead atoms. The Bertz CT molecular complexity index is 192. The van der Waals surface area contributed by atoms with Crippen molar-refractivity contribution in [2.45, 2.75) is 40.5 Å². The van der Waals surface area contributed by atoms with E-state index in [-0.39, 0.29) is 5.41 Å². The first-order chi connectivity index (χ1) is 5.43. The second kappa shape index (κ2) is 4.66. The average molecular weight is 189 g/mol. The summed E-state index contributed by atoms with van der Waals surface area (Å²) < 4.78 is 0. The molecule has 0 atom stereocenters. The van der Waals surface area contributed by atoms with Crippen molar-refractivity contribution < 1.29 is 4.79 Å². The fraction of sp³-hybridized carbons (Fsp3) is 0.700. The third kappa shape index (κ3) is 3.91. The van der Waals surface area contributed by atoms with Gasteiger partial charge in [-0.05, 0) is 18.8 Å². The van der Waals surface area contributed by atoms with Crippen LogP contribution in [0, 0.1) is 5.41 Å². The Morgan fingerprint density at radius 3 is 2.33 bits per heavy atom. The lowest BCUT2D eigenvalue weighted by Crippen LogP contribution is -2.09. The molecule has 0 spiro atoms. The highest BCUT2D eigenvalue weighted by molar-refractivity contribution is 6.31. The van der Waals surface area contributed by atoms with E-state index in [9.17, 15) is 4.79 Å². The Kier molecular flexibility index (Phi) is 4.54. The zero-order valence-corrected chi connectivity index (χ0v) is 9.03. The van der Waals surface area contributed by atoms with E-state index < -0.39 is 0 Å². The van der Waals surface area contributed by atoms with Crippen LogP contribution in [-0.2, 0) is 4.79 Å². The number of allylic oxidation sites excluding steroid dienone is 2. The molecule has 0 heterocycles. The van der Waals surface area contributed by atoms with Gasteiger partial charge in [0.15, 0.2) is 0 Å². The molecule has 12 heavy (non-hydrogen) atoms. The predicted molar refractivity (Wildman–Crippen MR) is 53.3 cm³/mol. The molecule has 0 aromatic heterocycles. The molecule has 0 aliphatic heterocycles. The van der Waals surface area contributed by atoms with E-state index in [2.05, 4.69) is 20.8 Å². The number of aldehydes is 1. The van der Waals surface area contributed by atoms with Crippen LogP contribution in [-0.4, -0.2) is 6.29 Å². The smallest absolute Gasteiger partial charge is 0.146 e. The van der Waals surface area contributed by atoms with Gasteiger partial charge in [-0.3, -0.25) is 4.79 Å². The minimum Gasteiger partial charge on any atom is -0.298 e. The van der Waals surface area contributed by atoms with E-state index in [4.69, 9.17) is 11.6 Å². The second-order valence-electron chi connectivity index (χ2n) is 3.90. The fourth-order valence-corrected chi connectivity index (χ4v) is 1.15. The summed E-state index contributed by atoms with van der Waals surface area (Å²) >= 11 is 5.94. The molecule has 70 valence electrons. The van der Waals surface area contributed by atoms with Crippen molar-refractivity contribution in [2.24, 2.45) is 5.41 Å². The van der Waals surface area contributed by atoms with Gasteiger partial charge in [0.1, 0.15) is 6.29 Å². The van der Waals surface area contributed by atoms with Crippen molar-refractivity contribution >= 4 is 17.9 Å². The van der Waals surface area contributed by atoms with Crippen molar-refractivity contribution in [3.63, 3.8) is 0 Å². The van der Waals surface area contributed by atoms with E-state index in [0.29, 0.717) is 10.6 Å². The Morgan fingerprint density at radius 1 is 1.50 bits per heavy atom. The molecule has 0 fully saturated rings. The summed E-state index contributed by atoms with van der Waals surface area (Å²) in [7, 11) is 0. The van der Waals surface area contributed by atoms with Crippen molar-refractivity contribution in [2.75, 3.05) is 0 Å². The molecule has 0 amide bonds. The first-order valence-electron chi connectivity index (χ1n) is 4.23. The van der Waals surface area contributed by atoms with Crippen LogP contribution in [0.5, 0.6) is 0 Å². The SMILES string of the molecule is CCC(C)(C)C/C(Cl)=C(\C)C=O. The first-order valence-corrected chi connectivity index (χ1v) is 4.61. The quantitative estimate of drug-likeness (QED) is 0.488. The number of hydrogen-bond acceptors (Lipinski definition) is 1. The summed E-state index contributed by atoms with van der Waals surface area (Å²) in [6.45, 7) is 8.17. The molecule has 2 heteroatoms. The summed E-state index contributed by atoms with van der Waals surface area (Å²) in [5.41, 5.74) is 0.847. The zero-order chi connectivity index (χ0) is 9.78. The van der Waals surface area contributed by atoms with E-state index >= 15 is 0 Å². The molecule has 0 aromatic carbocycles. The van der Waals surface area contributed by atoms with Gasteiger partial charge in [0.2, 0.25) is 0 Å². The third-order valence-electron chi connectivity index (χ3n) is 2.20. The molecule has 0 N–H and O–H groups in total. The number of carbonyl (C=O) groups is 1. The molecule has 0 aliphatic carbocycles. The van der Waals surface area contributed by atoms with Crippen LogP contribution in [0.15, 0.2) is 10.6 Å².